The molecule has 0 N–H and O–H groups in total. The van der Waals surface area contributed by atoms with Gasteiger partial charge < -0.3 is 4.57 Å². The van der Waals surface area contributed by atoms with Gasteiger partial charge in [0.25, 0.3) is 0 Å². The summed E-state index contributed by atoms with van der Waals surface area (Å²) < 4.78 is 27.8. The molecule has 3 rings (SSSR count). The number of thiazole rings is 1. The van der Waals surface area contributed by atoms with Crippen LogP contribution in [0.25, 0.3) is 10.2 Å². The summed E-state index contributed by atoms with van der Waals surface area (Å²) in [5.41, 5.74) is 3.15. The average Bonchev–Trinajstić information content (AvgIpc) is 3.04. The molecule has 1 amide bonds. The Morgan fingerprint density at radius 2 is 1.90 bits per heavy atom. The lowest BCUT2D eigenvalue weighted by molar-refractivity contribution is -0.118. The molecule has 0 fully saturated rings. The van der Waals surface area contributed by atoms with Crippen LogP contribution in [0, 0.1) is 19.3 Å². The van der Waals surface area contributed by atoms with Crippen LogP contribution in [0.5, 0.6) is 0 Å². The third-order valence-corrected chi connectivity index (χ3v) is 7.88. The minimum atomic E-state index is -3.42. The summed E-state index contributed by atoms with van der Waals surface area (Å²) in [5.74, 6) is 2.57. The average molecular weight is 455 g/mol. The Balaban J connectivity index is 1.78. The van der Waals surface area contributed by atoms with Gasteiger partial charge >= 0.3 is 0 Å². The summed E-state index contributed by atoms with van der Waals surface area (Å²) >= 11 is 1.42. The molecule has 0 aliphatic heterocycles. The fraction of sp³-hybridized carbons (Fsp3) is 0.333. The van der Waals surface area contributed by atoms with Gasteiger partial charge in [-0.1, -0.05) is 54.9 Å². The zero-order valence-electron chi connectivity index (χ0n) is 18.0. The van der Waals surface area contributed by atoms with Crippen molar-refractivity contribution in [1.29, 1.82) is 0 Å². The van der Waals surface area contributed by atoms with E-state index in [2.05, 4.69) is 36.9 Å². The molecule has 1 heterocycles. The van der Waals surface area contributed by atoms with E-state index >= 15 is 0 Å². The fourth-order valence-electron chi connectivity index (χ4n) is 3.22. The molecule has 162 valence electrons. The first-order chi connectivity index (χ1) is 14.7. The van der Waals surface area contributed by atoms with Crippen LogP contribution in [-0.4, -0.2) is 24.6 Å². The molecule has 31 heavy (non-hydrogen) atoms. The molecule has 5 nitrogen and oxygen atoms in total. The number of hydrogen-bond acceptors (Lipinski definition) is 4. The molecule has 0 saturated carbocycles. The molecule has 7 heteroatoms. The molecule has 0 radical (unpaired) electrons. The van der Waals surface area contributed by atoms with Crippen LogP contribution in [-0.2, 0) is 21.2 Å². The highest BCUT2D eigenvalue weighted by Gasteiger charge is 2.15. The second-order valence-electron chi connectivity index (χ2n) is 7.80. The Kier molecular flexibility index (Phi) is 7.14. The van der Waals surface area contributed by atoms with Crippen molar-refractivity contribution in [3.05, 3.63) is 58.4 Å². The van der Waals surface area contributed by atoms with Crippen LogP contribution >= 0.6 is 11.3 Å². The number of rotatable bonds is 7. The predicted octanol–water partition coefficient (Wildman–Crippen LogP) is 4.45. The normalized spacial score (nSPS) is 12.4. The Morgan fingerprint density at radius 3 is 2.55 bits per heavy atom. The van der Waals surface area contributed by atoms with E-state index in [0.717, 1.165) is 15.8 Å². The smallest absolute Gasteiger partial charge is 0.248 e. The quantitative estimate of drug-likeness (QED) is 0.495. The van der Waals surface area contributed by atoms with E-state index in [1.807, 2.05) is 17.6 Å². The van der Waals surface area contributed by atoms with E-state index in [1.54, 1.807) is 24.3 Å². The van der Waals surface area contributed by atoms with Crippen molar-refractivity contribution in [2.75, 3.05) is 5.75 Å². The highest BCUT2D eigenvalue weighted by atomic mass is 32.2. The van der Waals surface area contributed by atoms with Crippen molar-refractivity contribution >= 4 is 37.3 Å². The van der Waals surface area contributed by atoms with Crippen molar-refractivity contribution < 1.29 is 13.2 Å². The number of sulfone groups is 1. The van der Waals surface area contributed by atoms with E-state index in [4.69, 9.17) is 6.42 Å². The first kappa shape index (κ1) is 23.0. The van der Waals surface area contributed by atoms with Crippen LogP contribution in [0.3, 0.4) is 0 Å². The summed E-state index contributed by atoms with van der Waals surface area (Å²) in [7, 11) is -3.42. The number of hydrogen-bond donors (Lipinski definition) is 0. The van der Waals surface area contributed by atoms with Crippen LogP contribution in [0.2, 0.25) is 0 Å². The van der Waals surface area contributed by atoms with Crippen LogP contribution in [0.4, 0.5) is 0 Å². The Labute approximate surface area is 187 Å². The van der Waals surface area contributed by atoms with Gasteiger partial charge in [-0.2, -0.15) is 4.99 Å². The molecular formula is C24H26N2O3S2. The largest absolute Gasteiger partial charge is 0.305 e. The minimum absolute atomic E-state index is 0.0621. The number of terminal acetylenes is 1. The number of aromatic nitrogens is 1. The van der Waals surface area contributed by atoms with E-state index in [-0.39, 0.29) is 29.4 Å². The lowest BCUT2D eigenvalue weighted by Gasteiger charge is -2.05. The highest BCUT2D eigenvalue weighted by molar-refractivity contribution is 7.91. The van der Waals surface area contributed by atoms with E-state index in [9.17, 15) is 13.2 Å². The van der Waals surface area contributed by atoms with E-state index in [0.29, 0.717) is 17.3 Å². The summed E-state index contributed by atoms with van der Waals surface area (Å²) in [6.45, 7) is 6.48. The Bertz CT molecular complexity index is 1310. The number of fused-ring (bicyclic) bond motifs is 1. The number of aryl methyl sites for hydroxylation is 1. The number of benzene rings is 2. The third kappa shape index (κ3) is 5.52. The zero-order chi connectivity index (χ0) is 22.6. The van der Waals surface area contributed by atoms with Crippen molar-refractivity contribution in [2.24, 2.45) is 4.99 Å². The first-order valence-corrected chi connectivity index (χ1v) is 12.6. The monoisotopic (exact) mass is 454 g/mol. The number of nitrogens with zero attached hydrogens (tertiary/aromatic N) is 2. The van der Waals surface area contributed by atoms with Crippen LogP contribution in [0.1, 0.15) is 43.7 Å². The van der Waals surface area contributed by atoms with Crippen molar-refractivity contribution in [1.82, 2.24) is 4.57 Å². The maximum absolute atomic E-state index is 12.5. The van der Waals surface area contributed by atoms with Crippen LogP contribution < -0.4 is 4.80 Å². The van der Waals surface area contributed by atoms with Gasteiger partial charge in [0.15, 0.2) is 14.6 Å². The van der Waals surface area contributed by atoms with Crippen molar-refractivity contribution in [3.63, 3.8) is 0 Å². The van der Waals surface area contributed by atoms with Gasteiger partial charge in [-0.15, -0.1) is 6.42 Å². The standard InChI is InChI=1S/C24H26N2O3S2/c1-5-14-26-21-13-10-19(17(2)3)16-22(21)30-24(26)25-23(27)7-6-15-31(28,29)20-11-8-18(4)9-12-20/h1,8-13,16-17H,6-7,14-15H2,2-4H3. The lowest BCUT2D eigenvalue weighted by Crippen LogP contribution is -2.17. The second-order valence-corrected chi connectivity index (χ2v) is 10.9. The molecule has 0 aliphatic carbocycles. The second kappa shape index (κ2) is 9.63. The number of carbonyl (C=O) groups excluding carboxylic acids is 1. The molecule has 0 atom stereocenters. The zero-order valence-corrected chi connectivity index (χ0v) is 19.6. The van der Waals surface area contributed by atoms with E-state index < -0.39 is 9.84 Å². The van der Waals surface area contributed by atoms with Gasteiger partial charge in [-0.05, 0) is 49.1 Å². The topological polar surface area (TPSA) is 68.5 Å². The van der Waals surface area contributed by atoms with Crippen molar-refractivity contribution in [2.45, 2.75) is 51.0 Å². The summed E-state index contributed by atoms with van der Waals surface area (Å²) in [6.07, 6.45) is 5.80. The maximum Gasteiger partial charge on any atom is 0.248 e. The first-order valence-electron chi connectivity index (χ1n) is 10.1. The van der Waals surface area contributed by atoms with Gasteiger partial charge in [0.05, 0.1) is 27.4 Å². The minimum Gasteiger partial charge on any atom is -0.305 e. The molecule has 2 aromatic carbocycles. The summed E-state index contributed by atoms with van der Waals surface area (Å²) in [4.78, 5) is 17.5. The Morgan fingerprint density at radius 1 is 1.19 bits per heavy atom. The fourth-order valence-corrected chi connectivity index (χ4v) is 5.62. The maximum atomic E-state index is 12.5. The third-order valence-electron chi connectivity index (χ3n) is 5.03. The number of carbonyl (C=O) groups is 1. The summed E-state index contributed by atoms with van der Waals surface area (Å²) in [5, 5.41) is 0. The molecule has 3 aromatic rings. The summed E-state index contributed by atoms with van der Waals surface area (Å²) in [6, 6.07) is 12.9. The molecule has 1 aromatic heterocycles. The predicted molar refractivity (Wildman–Crippen MR) is 126 cm³/mol. The molecule has 0 saturated heterocycles. The SMILES string of the molecule is C#CCn1c(=NC(=O)CCCS(=O)(=O)c2ccc(C)cc2)sc2cc(C(C)C)ccc21. The Hall–Kier alpha value is -2.69. The molecular weight excluding hydrogens is 428 g/mol. The molecule has 0 unspecified atom stereocenters. The van der Waals surface area contributed by atoms with E-state index in [1.165, 1.54) is 16.9 Å². The van der Waals surface area contributed by atoms with Crippen LogP contribution in [0.15, 0.2) is 52.4 Å². The highest BCUT2D eigenvalue weighted by Crippen LogP contribution is 2.23. The number of amides is 1. The lowest BCUT2D eigenvalue weighted by atomic mass is 10.0. The van der Waals surface area contributed by atoms with Gasteiger partial charge in [0.2, 0.25) is 5.91 Å². The molecule has 0 aliphatic rings. The van der Waals surface area contributed by atoms with Crippen molar-refractivity contribution in [3.8, 4) is 12.3 Å². The van der Waals surface area contributed by atoms with Gasteiger partial charge in [0, 0.05) is 6.42 Å². The molecule has 0 bridgehead atoms. The van der Waals surface area contributed by atoms with Gasteiger partial charge in [-0.25, -0.2) is 8.42 Å². The van der Waals surface area contributed by atoms with Gasteiger partial charge in [-0.3, -0.25) is 4.79 Å². The molecule has 0 spiro atoms. The van der Waals surface area contributed by atoms with Gasteiger partial charge in [0.1, 0.15) is 0 Å².